The van der Waals surface area contributed by atoms with Crippen LogP contribution < -0.4 is 10.8 Å². The lowest BCUT2D eigenvalue weighted by molar-refractivity contribution is -0.253. The highest BCUT2D eigenvalue weighted by Gasteiger charge is 2.18. The van der Waals surface area contributed by atoms with Crippen LogP contribution in [0.2, 0.25) is 0 Å². The van der Waals surface area contributed by atoms with Crippen molar-refractivity contribution < 1.29 is 49.7 Å². The van der Waals surface area contributed by atoms with Crippen LogP contribution in [0.4, 0.5) is 11.4 Å². The number of anilines is 2. The molecule has 0 saturated heterocycles. The van der Waals surface area contributed by atoms with Crippen LogP contribution in [0.3, 0.4) is 0 Å². The van der Waals surface area contributed by atoms with Crippen molar-refractivity contribution in [3.63, 3.8) is 0 Å². The molecule has 222 valence electrons. The maximum atomic E-state index is 12.7. The summed E-state index contributed by atoms with van der Waals surface area (Å²) in [6, 6.07) is 23.3. The van der Waals surface area contributed by atoms with Crippen molar-refractivity contribution in [1.29, 1.82) is 0 Å². The van der Waals surface area contributed by atoms with Crippen molar-refractivity contribution in [2.75, 3.05) is 10.8 Å². The van der Waals surface area contributed by atoms with Crippen LogP contribution >= 0.6 is 0 Å². The smallest absolute Gasteiger partial charge is 0.336 e. The molecule has 43 heavy (non-hydrogen) atoms. The van der Waals surface area contributed by atoms with Crippen LogP contribution in [0.25, 0.3) is 0 Å². The second-order valence-corrected chi connectivity index (χ2v) is 9.44. The summed E-state index contributed by atoms with van der Waals surface area (Å²) in [7, 11) is 0. The number of carboxylic acid groups (broad SMARTS) is 2. The van der Waals surface area contributed by atoms with Gasteiger partial charge in [0, 0.05) is 5.69 Å². The number of hydrogen-bond acceptors (Lipinski definition) is 9. The molecule has 4 rings (SSSR count). The average Bonchev–Trinajstić information content (AvgIpc) is 3.00. The fourth-order valence-electron chi connectivity index (χ4n) is 4.26. The highest BCUT2D eigenvalue weighted by molar-refractivity contribution is 6.10. The topological polar surface area (TPSA) is 184 Å². The van der Waals surface area contributed by atoms with Gasteiger partial charge in [-0.05, 0) is 82.8 Å². The van der Waals surface area contributed by atoms with Gasteiger partial charge in [0.1, 0.15) is 13.2 Å². The van der Waals surface area contributed by atoms with Crippen LogP contribution in [0.1, 0.15) is 58.9 Å². The molecule has 0 unspecified atom stereocenters. The maximum Gasteiger partial charge on any atom is 0.336 e. The van der Waals surface area contributed by atoms with E-state index in [4.69, 9.17) is 20.5 Å². The highest BCUT2D eigenvalue weighted by atomic mass is 17.1. The molecule has 0 atom stereocenters. The molecule has 12 nitrogen and oxygen atoms in total. The summed E-state index contributed by atoms with van der Waals surface area (Å²) in [5.74, 6) is -2.94. The first-order valence-corrected chi connectivity index (χ1v) is 12.9. The number of benzene rings is 4. The van der Waals surface area contributed by atoms with Gasteiger partial charge in [0.2, 0.25) is 0 Å². The minimum atomic E-state index is -1.28. The molecule has 12 heteroatoms. The van der Waals surface area contributed by atoms with Crippen molar-refractivity contribution >= 4 is 29.2 Å². The summed E-state index contributed by atoms with van der Waals surface area (Å²) in [6.45, 7) is -0.277. The van der Waals surface area contributed by atoms with Gasteiger partial charge in [0.05, 0.1) is 29.0 Å². The van der Waals surface area contributed by atoms with E-state index in [-0.39, 0.29) is 36.5 Å². The quantitative estimate of drug-likeness (QED) is 0.0813. The second kappa shape index (κ2) is 14.7. The molecular weight excluding hydrogens is 560 g/mol. The summed E-state index contributed by atoms with van der Waals surface area (Å²) < 4.78 is 0. The van der Waals surface area contributed by atoms with E-state index in [0.29, 0.717) is 34.5 Å². The largest absolute Gasteiger partial charge is 0.478 e. The van der Waals surface area contributed by atoms with Crippen LogP contribution in [0, 0.1) is 0 Å². The van der Waals surface area contributed by atoms with E-state index >= 15 is 0 Å². The molecule has 0 heterocycles. The number of carbonyl (C=O) groups excluding carboxylic acids is 1. The van der Waals surface area contributed by atoms with Crippen molar-refractivity contribution in [2.45, 2.75) is 26.2 Å². The summed E-state index contributed by atoms with van der Waals surface area (Å²) in [5.41, 5.74) is 7.42. The molecule has 0 aromatic heterocycles. The van der Waals surface area contributed by atoms with Gasteiger partial charge in [0.25, 0.3) is 5.91 Å². The second-order valence-electron chi connectivity index (χ2n) is 9.44. The highest BCUT2D eigenvalue weighted by Crippen LogP contribution is 2.20. The molecule has 6 N–H and O–H groups in total. The normalized spacial score (nSPS) is 10.7. The first-order chi connectivity index (χ1) is 20.8. The minimum Gasteiger partial charge on any atom is -0.478 e. The molecule has 0 aliphatic carbocycles. The van der Waals surface area contributed by atoms with E-state index in [1.165, 1.54) is 30.3 Å². The molecule has 0 bridgehead atoms. The molecule has 0 fully saturated rings. The number of nitrogens with one attached hydrogen (secondary N) is 2. The fourth-order valence-corrected chi connectivity index (χ4v) is 4.26. The van der Waals surface area contributed by atoms with Crippen LogP contribution in [-0.4, -0.2) is 38.6 Å². The SMILES string of the molecule is O=C(O)c1ccc(CONc2ccc(Cc3ccc(NC(=O)c4ccc(COO)cc4C(=O)O)cc3)cc2)c(COO)c1. The van der Waals surface area contributed by atoms with Crippen LogP contribution in [0.5, 0.6) is 0 Å². The van der Waals surface area contributed by atoms with Crippen molar-refractivity contribution in [1.82, 2.24) is 0 Å². The zero-order chi connectivity index (χ0) is 30.8. The number of carboxylic acids is 2. The van der Waals surface area contributed by atoms with Crippen molar-refractivity contribution in [2.24, 2.45) is 0 Å². The lowest BCUT2D eigenvalue weighted by Crippen LogP contribution is -2.17. The molecule has 0 radical (unpaired) electrons. The van der Waals surface area contributed by atoms with Gasteiger partial charge in [-0.2, -0.15) is 0 Å². The lowest BCUT2D eigenvalue weighted by Gasteiger charge is -2.12. The summed E-state index contributed by atoms with van der Waals surface area (Å²) in [4.78, 5) is 49.3. The molecule has 0 aliphatic heterocycles. The zero-order valence-corrected chi connectivity index (χ0v) is 22.6. The van der Waals surface area contributed by atoms with Crippen LogP contribution in [0.15, 0.2) is 84.9 Å². The van der Waals surface area contributed by atoms with E-state index in [2.05, 4.69) is 20.6 Å². The molecule has 0 aliphatic rings. The maximum absolute atomic E-state index is 12.7. The zero-order valence-electron chi connectivity index (χ0n) is 22.6. The average molecular weight is 589 g/mol. The Bertz CT molecular complexity index is 1590. The van der Waals surface area contributed by atoms with Crippen molar-refractivity contribution in [3.05, 3.63) is 129 Å². The molecule has 4 aromatic carbocycles. The van der Waals surface area contributed by atoms with E-state index in [1.54, 1.807) is 18.2 Å². The number of aromatic carboxylic acids is 2. The van der Waals surface area contributed by atoms with Gasteiger partial charge in [-0.25, -0.2) is 19.4 Å². The Balaban J connectivity index is 1.31. The summed E-state index contributed by atoms with van der Waals surface area (Å²) in [5, 5.41) is 38.7. The molecule has 1 amide bonds. The fraction of sp³-hybridized carbons (Fsp3) is 0.129. The molecule has 0 spiro atoms. The standard InChI is InChI=1S/C31H28N2O10/c34-29(27-12-5-21(16-42-39)14-28(27)31(37)38)32-25-8-1-19(2-9-25)13-20-3-10-26(11-4-20)33-41-17-23-7-6-22(30(35)36)15-24(23)18-43-40/h1-12,14-15,33,39-40H,13,16-18H2,(H,32,34)(H,35,36)(H,37,38). The van der Waals surface area contributed by atoms with Crippen molar-refractivity contribution in [3.8, 4) is 0 Å². The molecule has 0 saturated carbocycles. The Labute approximate surface area is 245 Å². The lowest BCUT2D eigenvalue weighted by atomic mass is 10.0. The summed E-state index contributed by atoms with van der Waals surface area (Å²) >= 11 is 0. The van der Waals surface area contributed by atoms with E-state index < -0.39 is 17.8 Å². The third-order valence-corrected chi connectivity index (χ3v) is 6.46. The number of hydrogen-bond donors (Lipinski definition) is 6. The van der Waals surface area contributed by atoms with E-state index in [1.807, 2.05) is 36.4 Å². The first kappa shape index (κ1) is 30.8. The third-order valence-electron chi connectivity index (χ3n) is 6.46. The Morgan fingerprint density at radius 2 is 1.23 bits per heavy atom. The van der Waals surface area contributed by atoms with E-state index in [9.17, 15) is 19.5 Å². The Morgan fingerprint density at radius 3 is 1.84 bits per heavy atom. The number of amides is 1. The van der Waals surface area contributed by atoms with E-state index in [0.717, 1.165) is 11.1 Å². The van der Waals surface area contributed by atoms with Gasteiger partial charge in [-0.3, -0.25) is 25.6 Å². The molecular formula is C31H28N2O10. The summed E-state index contributed by atoms with van der Waals surface area (Å²) in [6.07, 6.45) is 0.618. The Morgan fingerprint density at radius 1 is 0.605 bits per heavy atom. The molecule has 4 aromatic rings. The Kier molecular flexibility index (Phi) is 10.5. The van der Waals surface area contributed by atoms with Gasteiger partial charge < -0.3 is 15.5 Å². The Hall–Kier alpha value is -5.11. The minimum absolute atomic E-state index is 0.0216. The van der Waals surface area contributed by atoms with Gasteiger partial charge >= 0.3 is 11.9 Å². The monoisotopic (exact) mass is 588 g/mol. The van der Waals surface area contributed by atoms with Crippen LogP contribution in [-0.2, 0) is 40.9 Å². The number of rotatable bonds is 14. The third kappa shape index (κ3) is 8.45. The van der Waals surface area contributed by atoms with Gasteiger partial charge in [-0.15, -0.1) is 0 Å². The van der Waals surface area contributed by atoms with Gasteiger partial charge in [-0.1, -0.05) is 36.4 Å². The number of carbonyl (C=O) groups is 3. The predicted octanol–water partition coefficient (Wildman–Crippen LogP) is 5.45. The predicted molar refractivity (Wildman–Crippen MR) is 154 cm³/mol. The first-order valence-electron chi connectivity index (χ1n) is 12.9. The van der Waals surface area contributed by atoms with Gasteiger partial charge in [0.15, 0.2) is 0 Å².